The van der Waals surface area contributed by atoms with Crippen molar-refractivity contribution in [3.05, 3.63) is 29.6 Å². The first-order chi connectivity index (χ1) is 9.32. The third-order valence-electron chi connectivity index (χ3n) is 3.50. The van der Waals surface area contributed by atoms with Crippen LogP contribution in [0.25, 0.3) is 0 Å². The van der Waals surface area contributed by atoms with Crippen LogP contribution in [0, 0.1) is 18.7 Å². The lowest BCUT2D eigenvalue weighted by molar-refractivity contribution is -0.142. The Hall–Kier alpha value is -1.47. The molecule has 0 radical (unpaired) electrons. The number of hydrogen-bond acceptors (Lipinski definition) is 3. The molecule has 1 fully saturated rings. The van der Waals surface area contributed by atoms with Crippen molar-refractivity contribution >= 4 is 16.0 Å². The molecule has 1 aliphatic rings. The summed E-state index contributed by atoms with van der Waals surface area (Å²) in [5, 5.41) is 9.00. The van der Waals surface area contributed by atoms with Gasteiger partial charge in [-0.05, 0) is 43.5 Å². The van der Waals surface area contributed by atoms with Crippen LogP contribution in [0.3, 0.4) is 0 Å². The summed E-state index contributed by atoms with van der Waals surface area (Å²) in [6, 6.07) is 3.60. The number of nitrogens with zero attached hydrogens (tertiary/aromatic N) is 1. The molecule has 0 bridgehead atoms. The van der Waals surface area contributed by atoms with Crippen LogP contribution in [-0.4, -0.2) is 36.9 Å². The second kappa shape index (κ2) is 5.49. The van der Waals surface area contributed by atoms with E-state index >= 15 is 0 Å². The number of carboxylic acid groups (broad SMARTS) is 1. The second-order valence-corrected chi connectivity index (χ2v) is 6.89. The zero-order valence-electron chi connectivity index (χ0n) is 11.0. The summed E-state index contributed by atoms with van der Waals surface area (Å²) < 4.78 is 39.2. The van der Waals surface area contributed by atoms with Gasteiger partial charge in [-0.1, -0.05) is 0 Å². The number of hydrogen-bond donors (Lipinski definition) is 1. The fourth-order valence-corrected chi connectivity index (χ4v) is 3.90. The van der Waals surface area contributed by atoms with E-state index in [-0.39, 0.29) is 17.0 Å². The monoisotopic (exact) mass is 301 g/mol. The SMILES string of the molecule is Cc1cc(S(=O)(=O)N2CCCC(C(=O)O)C2)ccc1F. The van der Waals surface area contributed by atoms with Crippen molar-refractivity contribution in [2.24, 2.45) is 5.92 Å². The van der Waals surface area contributed by atoms with Crippen LogP contribution < -0.4 is 0 Å². The Balaban J connectivity index is 2.29. The van der Waals surface area contributed by atoms with Crippen molar-refractivity contribution in [1.82, 2.24) is 4.31 Å². The van der Waals surface area contributed by atoms with Crippen LogP contribution in [-0.2, 0) is 14.8 Å². The van der Waals surface area contributed by atoms with Crippen LogP contribution >= 0.6 is 0 Å². The Kier molecular flexibility index (Phi) is 4.10. The number of piperidine rings is 1. The Bertz CT molecular complexity index is 629. The lowest BCUT2D eigenvalue weighted by Crippen LogP contribution is -2.42. The van der Waals surface area contributed by atoms with Crippen LogP contribution in [0.5, 0.6) is 0 Å². The maximum absolute atomic E-state index is 13.2. The molecule has 0 aliphatic carbocycles. The minimum atomic E-state index is -3.76. The Morgan fingerprint density at radius 2 is 2.15 bits per heavy atom. The van der Waals surface area contributed by atoms with E-state index in [4.69, 9.17) is 5.11 Å². The third kappa shape index (κ3) is 2.83. The summed E-state index contributed by atoms with van der Waals surface area (Å²) in [4.78, 5) is 11.0. The normalized spacial score (nSPS) is 20.8. The molecule has 7 heteroatoms. The van der Waals surface area contributed by atoms with Gasteiger partial charge in [0.2, 0.25) is 10.0 Å². The maximum atomic E-state index is 13.2. The third-order valence-corrected chi connectivity index (χ3v) is 5.36. The molecule has 20 heavy (non-hydrogen) atoms. The molecule has 0 saturated carbocycles. The first-order valence-corrected chi connectivity index (χ1v) is 7.75. The predicted molar refractivity (Wildman–Crippen MR) is 70.3 cm³/mol. The standard InChI is InChI=1S/C13H16FNO4S/c1-9-7-11(4-5-12(9)14)20(18,19)15-6-2-3-10(8-15)13(16)17/h4-5,7,10H,2-3,6,8H2,1H3,(H,16,17). The van der Waals surface area contributed by atoms with Gasteiger partial charge in [0.05, 0.1) is 10.8 Å². The van der Waals surface area contributed by atoms with Crippen molar-refractivity contribution in [1.29, 1.82) is 0 Å². The first-order valence-electron chi connectivity index (χ1n) is 6.31. The number of carbonyl (C=O) groups is 1. The number of sulfonamides is 1. The van der Waals surface area contributed by atoms with Gasteiger partial charge in [0, 0.05) is 13.1 Å². The van der Waals surface area contributed by atoms with E-state index in [2.05, 4.69) is 0 Å². The lowest BCUT2D eigenvalue weighted by atomic mass is 10.0. The maximum Gasteiger partial charge on any atom is 0.307 e. The first kappa shape index (κ1) is 14.9. The highest BCUT2D eigenvalue weighted by Gasteiger charge is 2.33. The van der Waals surface area contributed by atoms with E-state index < -0.39 is 27.7 Å². The molecule has 1 aromatic carbocycles. The number of carboxylic acids is 1. The molecule has 1 saturated heterocycles. The number of rotatable bonds is 3. The molecule has 1 aliphatic heterocycles. The van der Waals surface area contributed by atoms with Gasteiger partial charge in [0.15, 0.2) is 0 Å². The van der Waals surface area contributed by atoms with Crippen LogP contribution in [0.2, 0.25) is 0 Å². The Morgan fingerprint density at radius 3 is 2.75 bits per heavy atom. The topological polar surface area (TPSA) is 74.7 Å². The lowest BCUT2D eigenvalue weighted by Gasteiger charge is -2.29. The molecular formula is C13H16FNO4S. The van der Waals surface area contributed by atoms with E-state index in [0.717, 1.165) is 6.07 Å². The summed E-state index contributed by atoms with van der Waals surface area (Å²) in [6.45, 7) is 1.75. The van der Waals surface area contributed by atoms with Crippen molar-refractivity contribution in [2.75, 3.05) is 13.1 Å². The number of aryl methyl sites for hydroxylation is 1. The number of benzene rings is 1. The molecule has 0 spiro atoms. The summed E-state index contributed by atoms with van der Waals surface area (Å²) in [7, 11) is -3.76. The largest absolute Gasteiger partial charge is 0.481 e. The molecule has 1 unspecified atom stereocenters. The van der Waals surface area contributed by atoms with Crippen molar-refractivity contribution in [2.45, 2.75) is 24.7 Å². The Labute approximate surface area is 117 Å². The molecule has 110 valence electrons. The molecule has 0 aromatic heterocycles. The van der Waals surface area contributed by atoms with Gasteiger partial charge >= 0.3 is 5.97 Å². The van der Waals surface area contributed by atoms with Gasteiger partial charge < -0.3 is 5.11 Å². The molecular weight excluding hydrogens is 285 g/mol. The van der Waals surface area contributed by atoms with E-state index in [1.165, 1.54) is 23.4 Å². The van der Waals surface area contributed by atoms with E-state index in [9.17, 15) is 17.6 Å². The molecule has 2 rings (SSSR count). The molecule has 1 heterocycles. The second-order valence-electron chi connectivity index (χ2n) is 4.95. The molecule has 1 aromatic rings. The average Bonchev–Trinajstić information content (AvgIpc) is 2.42. The van der Waals surface area contributed by atoms with Gasteiger partial charge in [-0.2, -0.15) is 4.31 Å². The highest BCUT2D eigenvalue weighted by Crippen LogP contribution is 2.24. The smallest absolute Gasteiger partial charge is 0.307 e. The molecule has 5 nitrogen and oxygen atoms in total. The van der Waals surface area contributed by atoms with Crippen molar-refractivity contribution < 1.29 is 22.7 Å². The number of halogens is 1. The highest BCUT2D eigenvalue weighted by molar-refractivity contribution is 7.89. The van der Waals surface area contributed by atoms with E-state index in [1.54, 1.807) is 0 Å². The van der Waals surface area contributed by atoms with E-state index in [0.29, 0.717) is 19.4 Å². The number of aliphatic carboxylic acids is 1. The molecule has 0 amide bonds. The highest BCUT2D eigenvalue weighted by atomic mass is 32.2. The molecule has 1 atom stereocenters. The fourth-order valence-electron chi connectivity index (χ4n) is 2.29. The fraction of sp³-hybridized carbons (Fsp3) is 0.462. The summed E-state index contributed by atoms with van der Waals surface area (Å²) >= 11 is 0. The van der Waals surface area contributed by atoms with Gasteiger partial charge in [-0.15, -0.1) is 0 Å². The molecule has 1 N–H and O–H groups in total. The van der Waals surface area contributed by atoms with Gasteiger partial charge in [-0.25, -0.2) is 12.8 Å². The van der Waals surface area contributed by atoms with Crippen LogP contribution in [0.15, 0.2) is 23.1 Å². The quantitative estimate of drug-likeness (QED) is 0.920. The van der Waals surface area contributed by atoms with Gasteiger partial charge in [-0.3, -0.25) is 4.79 Å². The van der Waals surface area contributed by atoms with Gasteiger partial charge in [0.1, 0.15) is 5.82 Å². The van der Waals surface area contributed by atoms with Crippen LogP contribution in [0.1, 0.15) is 18.4 Å². The van der Waals surface area contributed by atoms with Crippen molar-refractivity contribution in [3.8, 4) is 0 Å². The minimum absolute atomic E-state index is 0.00226. The van der Waals surface area contributed by atoms with E-state index in [1.807, 2.05) is 0 Å². The summed E-state index contributed by atoms with van der Waals surface area (Å²) in [5.74, 6) is -2.13. The Morgan fingerprint density at radius 1 is 1.45 bits per heavy atom. The zero-order chi connectivity index (χ0) is 14.9. The summed E-state index contributed by atoms with van der Waals surface area (Å²) in [5.41, 5.74) is 0.248. The zero-order valence-corrected chi connectivity index (χ0v) is 11.9. The summed E-state index contributed by atoms with van der Waals surface area (Å²) in [6.07, 6.45) is 0.986. The van der Waals surface area contributed by atoms with Gasteiger partial charge in [0.25, 0.3) is 0 Å². The van der Waals surface area contributed by atoms with Crippen molar-refractivity contribution in [3.63, 3.8) is 0 Å². The minimum Gasteiger partial charge on any atom is -0.481 e. The average molecular weight is 301 g/mol. The van der Waals surface area contributed by atoms with Crippen LogP contribution in [0.4, 0.5) is 4.39 Å². The predicted octanol–water partition coefficient (Wildman–Crippen LogP) is 1.62.